The third-order valence-corrected chi connectivity index (χ3v) is 5.43. The molecule has 148 valence electrons. The van der Waals surface area contributed by atoms with Crippen LogP contribution in [-0.2, 0) is 14.4 Å². The van der Waals surface area contributed by atoms with Gasteiger partial charge in [0.05, 0.1) is 0 Å². The highest BCUT2D eigenvalue weighted by Crippen LogP contribution is 2.32. The van der Waals surface area contributed by atoms with Gasteiger partial charge in [0, 0.05) is 38.6 Å². The van der Waals surface area contributed by atoms with E-state index in [4.69, 9.17) is 5.73 Å². The molecule has 2 saturated heterocycles. The van der Waals surface area contributed by atoms with Gasteiger partial charge in [-0.3, -0.25) is 14.4 Å². The van der Waals surface area contributed by atoms with Crippen molar-refractivity contribution in [1.82, 2.24) is 14.7 Å². The lowest BCUT2D eigenvalue weighted by atomic mass is 9.89. The van der Waals surface area contributed by atoms with E-state index in [2.05, 4.69) is 12.1 Å². The molecule has 2 fully saturated rings. The summed E-state index contributed by atoms with van der Waals surface area (Å²) < 4.78 is 0. The minimum absolute atomic E-state index is 0. The average Bonchev–Trinajstić information content (AvgIpc) is 3.11. The molecule has 2 atom stereocenters. The van der Waals surface area contributed by atoms with Gasteiger partial charge in [-0.1, -0.05) is 30.3 Å². The molecule has 3 rings (SSSR count). The maximum Gasteiger partial charge on any atom is 0.312 e. The Morgan fingerprint density at radius 1 is 1.07 bits per heavy atom. The van der Waals surface area contributed by atoms with Crippen molar-refractivity contribution in [2.24, 2.45) is 11.7 Å². The number of rotatable bonds is 5. The van der Waals surface area contributed by atoms with Gasteiger partial charge in [-0.2, -0.15) is 0 Å². The molecule has 0 radical (unpaired) electrons. The van der Waals surface area contributed by atoms with E-state index in [0.717, 1.165) is 0 Å². The first kappa shape index (κ1) is 21.2. The number of halogens is 1. The number of hydrogen-bond acceptors (Lipinski definition) is 4. The van der Waals surface area contributed by atoms with Gasteiger partial charge in [0.15, 0.2) is 0 Å². The second-order valence-corrected chi connectivity index (χ2v) is 6.92. The average molecular weight is 395 g/mol. The Balaban J connectivity index is 0.00000261. The minimum atomic E-state index is -0.583. The predicted molar refractivity (Wildman–Crippen MR) is 104 cm³/mol. The highest BCUT2D eigenvalue weighted by atomic mass is 35.5. The molecule has 1 aromatic carbocycles. The summed E-state index contributed by atoms with van der Waals surface area (Å²) in [4.78, 5) is 41.6. The molecule has 2 aliphatic heterocycles. The summed E-state index contributed by atoms with van der Waals surface area (Å²) in [5.41, 5.74) is 7.11. The molecular formula is C19H27ClN4O3. The van der Waals surface area contributed by atoms with E-state index in [1.807, 2.05) is 25.1 Å². The summed E-state index contributed by atoms with van der Waals surface area (Å²) in [5.74, 6) is -0.807. The maximum absolute atomic E-state index is 12.7. The molecule has 0 aromatic heterocycles. The Labute approximate surface area is 165 Å². The van der Waals surface area contributed by atoms with Crippen LogP contribution in [0, 0.1) is 5.92 Å². The number of hydrogen-bond donors (Lipinski definition) is 1. The van der Waals surface area contributed by atoms with Crippen molar-refractivity contribution in [2.75, 3.05) is 45.8 Å². The zero-order valence-electron chi connectivity index (χ0n) is 15.5. The van der Waals surface area contributed by atoms with Gasteiger partial charge in [0.25, 0.3) is 0 Å². The Morgan fingerprint density at radius 2 is 1.70 bits per heavy atom. The van der Waals surface area contributed by atoms with Gasteiger partial charge in [-0.05, 0) is 24.9 Å². The van der Waals surface area contributed by atoms with E-state index < -0.39 is 11.8 Å². The van der Waals surface area contributed by atoms with Crippen molar-refractivity contribution in [3.05, 3.63) is 35.9 Å². The number of nitrogens with zero attached hydrogens (tertiary/aromatic N) is 3. The van der Waals surface area contributed by atoms with Crippen molar-refractivity contribution in [2.45, 2.75) is 12.8 Å². The Bertz CT molecular complexity index is 685. The number of piperazine rings is 1. The van der Waals surface area contributed by atoms with Crippen LogP contribution < -0.4 is 5.73 Å². The monoisotopic (exact) mass is 394 g/mol. The second kappa shape index (κ2) is 9.19. The van der Waals surface area contributed by atoms with Crippen molar-refractivity contribution >= 4 is 30.1 Å². The molecule has 2 heterocycles. The number of benzene rings is 1. The van der Waals surface area contributed by atoms with Crippen LogP contribution in [0.4, 0.5) is 0 Å². The largest absolute Gasteiger partial charge is 0.340 e. The summed E-state index contributed by atoms with van der Waals surface area (Å²) in [6.07, 6.45) is 0. The van der Waals surface area contributed by atoms with Gasteiger partial charge in [-0.15, -0.1) is 12.4 Å². The smallest absolute Gasteiger partial charge is 0.312 e. The summed E-state index contributed by atoms with van der Waals surface area (Å²) in [6, 6.07) is 10.1. The van der Waals surface area contributed by atoms with Gasteiger partial charge >= 0.3 is 11.8 Å². The van der Waals surface area contributed by atoms with Crippen LogP contribution in [0.15, 0.2) is 30.3 Å². The number of carbonyl (C=O) groups excluding carboxylic acids is 3. The Hall–Kier alpha value is -2.12. The van der Waals surface area contributed by atoms with E-state index in [1.165, 1.54) is 15.4 Å². The standard InChI is InChI=1S/C19H26N4O3.ClH/c1-2-21-8-9-22(19(26)18(21)25)13-17(24)23-11-15(10-20)16(12-23)14-6-4-3-5-7-14;/h3-7,15-16H,2,8-13,20H2,1H3;1H/t15-,16+;/m1./s1. The summed E-state index contributed by atoms with van der Waals surface area (Å²) in [5, 5.41) is 0. The molecule has 0 saturated carbocycles. The van der Waals surface area contributed by atoms with E-state index in [9.17, 15) is 14.4 Å². The Morgan fingerprint density at radius 3 is 2.33 bits per heavy atom. The van der Waals surface area contributed by atoms with Gasteiger partial charge in [0.1, 0.15) is 6.54 Å². The number of likely N-dealkylation sites (N-methyl/N-ethyl adjacent to an activating group) is 1. The van der Waals surface area contributed by atoms with Crippen LogP contribution in [0.25, 0.3) is 0 Å². The summed E-state index contributed by atoms with van der Waals surface area (Å²) in [6.45, 7) is 4.89. The molecule has 3 amide bonds. The lowest BCUT2D eigenvalue weighted by Gasteiger charge is -2.33. The van der Waals surface area contributed by atoms with Crippen LogP contribution in [0.5, 0.6) is 0 Å². The van der Waals surface area contributed by atoms with E-state index in [-0.39, 0.29) is 36.7 Å². The van der Waals surface area contributed by atoms with Crippen LogP contribution in [0.1, 0.15) is 18.4 Å². The lowest BCUT2D eigenvalue weighted by molar-refractivity contribution is -0.157. The summed E-state index contributed by atoms with van der Waals surface area (Å²) >= 11 is 0. The van der Waals surface area contributed by atoms with E-state index >= 15 is 0 Å². The third-order valence-electron chi connectivity index (χ3n) is 5.43. The fourth-order valence-electron chi connectivity index (χ4n) is 3.82. The van der Waals surface area contributed by atoms with Gasteiger partial charge in [0.2, 0.25) is 5.91 Å². The molecule has 0 aliphatic carbocycles. The molecule has 27 heavy (non-hydrogen) atoms. The molecule has 8 heteroatoms. The summed E-state index contributed by atoms with van der Waals surface area (Å²) in [7, 11) is 0. The zero-order valence-corrected chi connectivity index (χ0v) is 16.4. The normalized spacial score (nSPS) is 22.8. The maximum atomic E-state index is 12.7. The quantitative estimate of drug-likeness (QED) is 0.728. The number of likely N-dealkylation sites (tertiary alicyclic amines) is 1. The topological polar surface area (TPSA) is 86.9 Å². The number of carbonyl (C=O) groups is 3. The first-order chi connectivity index (χ1) is 12.5. The second-order valence-electron chi connectivity index (χ2n) is 6.92. The fraction of sp³-hybridized carbons (Fsp3) is 0.526. The molecule has 2 aliphatic rings. The van der Waals surface area contributed by atoms with Crippen molar-refractivity contribution < 1.29 is 14.4 Å². The van der Waals surface area contributed by atoms with E-state index in [1.54, 1.807) is 4.90 Å². The molecule has 7 nitrogen and oxygen atoms in total. The lowest BCUT2D eigenvalue weighted by Crippen LogP contribution is -2.56. The van der Waals surface area contributed by atoms with Gasteiger partial charge < -0.3 is 20.4 Å². The van der Waals surface area contributed by atoms with Crippen molar-refractivity contribution in [3.63, 3.8) is 0 Å². The number of nitrogens with two attached hydrogens (primary N) is 1. The highest BCUT2D eigenvalue weighted by molar-refractivity contribution is 6.35. The first-order valence-corrected chi connectivity index (χ1v) is 9.16. The third kappa shape index (κ3) is 4.42. The molecule has 1 aromatic rings. The van der Waals surface area contributed by atoms with E-state index in [0.29, 0.717) is 39.3 Å². The van der Waals surface area contributed by atoms with Crippen LogP contribution in [0.3, 0.4) is 0 Å². The molecule has 2 N–H and O–H groups in total. The SMILES string of the molecule is CCN1CCN(CC(=O)N2C[C@@H](CN)[C@H](c3ccccc3)C2)C(=O)C1=O.Cl. The van der Waals surface area contributed by atoms with Crippen LogP contribution >= 0.6 is 12.4 Å². The highest BCUT2D eigenvalue weighted by Gasteiger charge is 2.38. The minimum Gasteiger partial charge on any atom is -0.340 e. The fourth-order valence-corrected chi connectivity index (χ4v) is 3.82. The van der Waals surface area contributed by atoms with Gasteiger partial charge in [-0.25, -0.2) is 0 Å². The molecule has 0 unspecified atom stereocenters. The molecular weight excluding hydrogens is 368 g/mol. The van der Waals surface area contributed by atoms with Crippen molar-refractivity contribution in [1.29, 1.82) is 0 Å². The zero-order chi connectivity index (χ0) is 18.7. The first-order valence-electron chi connectivity index (χ1n) is 9.16. The van der Waals surface area contributed by atoms with Crippen LogP contribution in [0.2, 0.25) is 0 Å². The molecule has 0 bridgehead atoms. The molecule has 0 spiro atoms. The Kier molecular flexibility index (Phi) is 7.21. The van der Waals surface area contributed by atoms with Crippen LogP contribution in [-0.4, -0.2) is 78.2 Å². The van der Waals surface area contributed by atoms with Crippen molar-refractivity contribution in [3.8, 4) is 0 Å². The number of amides is 3. The predicted octanol–water partition coefficient (Wildman–Crippen LogP) is 0.300.